The van der Waals surface area contributed by atoms with Crippen LogP contribution in [0.3, 0.4) is 0 Å². The van der Waals surface area contributed by atoms with Gasteiger partial charge < -0.3 is 10.5 Å². The number of nitrogens with two attached hydrogens (primary N) is 1. The SMILES string of the molecule is COc1nccnc1CCC(C)N. The lowest BCUT2D eigenvalue weighted by atomic mass is 10.1. The molecule has 0 radical (unpaired) electrons. The molecule has 13 heavy (non-hydrogen) atoms. The molecular formula is C9H15N3O. The number of hydrogen-bond donors (Lipinski definition) is 1. The molecule has 2 N–H and O–H groups in total. The summed E-state index contributed by atoms with van der Waals surface area (Å²) < 4.78 is 5.06. The van der Waals surface area contributed by atoms with Gasteiger partial charge in [0.05, 0.1) is 7.11 Å². The minimum atomic E-state index is 0.187. The summed E-state index contributed by atoms with van der Waals surface area (Å²) in [5.74, 6) is 0.600. The van der Waals surface area contributed by atoms with Gasteiger partial charge in [-0.1, -0.05) is 0 Å². The van der Waals surface area contributed by atoms with Crippen molar-refractivity contribution in [2.75, 3.05) is 7.11 Å². The number of ether oxygens (including phenoxy) is 1. The maximum atomic E-state index is 5.64. The summed E-state index contributed by atoms with van der Waals surface area (Å²) in [5.41, 5.74) is 6.52. The Kier molecular flexibility index (Phi) is 3.64. The highest BCUT2D eigenvalue weighted by molar-refractivity contribution is 5.17. The molecule has 4 heteroatoms. The molecule has 1 aromatic rings. The van der Waals surface area contributed by atoms with Crippen LogP contribution in [-0.4, -0.2) is 23.1 Å². The summed E-state index contributed by atoms with van der Waals surface area (Å²) in [4.78, 5) is 8.23. The van der Waals surface area contributed by atoms with Crippen molar-refractivity contribution >= 4 is 0 Å². The smallest absolute Gasteiger partial charge is 0.235 e. The number of aryl methyl sites for hydroxylation is 1. The Morgan fingerprint density at radius 3 is 2.77 bits per heavy atom. The molecule has 0 aliphatic rings. The number of hydrogen-bond acceptors (Lipinski definition) is 4. The van der Waals surface area contributed by atoms with E-state index < -0.39 is 0 Å². The first-order valence-electron chi connectivity index (χ1n) is 4.33. The summed E-state index contributed by atoms with van der Waals surface area (Å²) in [6, 6.07) is 0.187. The second kappa shape index (κ2) is 4.77. The van der Waals surface area contributed by atoms with Crippen molar-refractivity contribution < 1.29 is 4.74 Å². The third-order valence-corrected chi connectivity index (χ3v) is 1.77. The lowest BCUT2D eigenvalue weighted by Crippen LogP contribution is -2.16. The van der Waals surface area contributed by atoms with Gasteiger partial charge in [0.1, 0.15) is 5.69 Å². The predicted octanol–water partition coefficient (Wildman–Crippen LogP) is 0.765. The maximum Gasteiger partial charge on any atom is 0.235 e. The second-order valence-electron chi connectivity index (χ2n) is 3.03. The monoisotopic (exact) mass is 181 g/mol. The molecule has 1 rings (SSSR count). The Hall–Kier alpha value is -1.16. The topological polar surface area (TPSA) is 61.0 Å². The van der Waals surface area contributed by atoms with Crippen molar-refractivity contribution in [1.29, 1.82) is 0 Å². The molecule has 0 saturated carbocycles. The lowest BCUT2D eigenvalue weighted by Gasteiger charge is -2.06. The van der Waals surface area contributed by atoms with Crippen molar-refractivity contribution in [3.63, 3.8) is 0 Å². The minimum Gasteiger partial charge on any atom is -0.480 e. The summed E-state index contributed by atoms with van der Waals surface area (Å²) in [6.07, 6.45) is 5.00. The Balaban J connectivity index is 2.64. The van der Waals surface area contributed by atoms with Crippen LogP contribution in [0.1, 0.15) is 19.0 Å². The molecule has 1 atom stereocenters. The summed E-state index contributed by atoms with van der Waals surface area (Å²) in [7, 11) is 1.60. The highest BCUT2D eigenvalue weighted by atomic mass is 16.5. The lowest BCUT2D eigenvalue weighted by molar-refractivity contribution is 0.388. The van der Waals surface area contributed by atoms with Crippen molar-refractivity contribution in [2.24, 2.45) is 5.73 Å². The normalized spacial score (nSPS) is 12.5. The molecule has 0 amide bonds. The van der Waals surface area contributed by atoms with Crippen molar-refractivity contribution in [1.82, 2.24) is 9.97 Å². The van der Waals surface area contributed by atoms with Crippen LogP contribution < -0.4 is 10.5 Å². The van der Waals surface area contributed by atoms with Crippen LogP contribution in [0.2, 0.25) is 0 Å². The standard InChI is InChI=1S/C9H15N3O/c1-7(10)3-4-8-9(13-2)12-6-5-11-8/h5-7H,3-4,10H2,1-2H3. The van der Waals surface area contributed by atoms with Crippen LogP contribution in [-0.2, 0) is 6.42 Å². The molecule has 1 unspecified atom stereocenters. The summed E-state index contributed by atoms with van der Waals surface area (Å²) in [6.45, 7) is 1.98. The molecule has 1 heterocycles. The van der Waals surface area contributed by atoms with Gasteiger partial charge >= 0.3 is 0 Å². The van der Waals surface area contributed by atoms with Gasteiger partial charge in [0, 0.05) is 18.4 Å². The average molecular weight is 181 g/mol. The Bertz CT molecular complexity index is 263. The fourth-order valence-electron chi connectivity index (χ4n) is 1.06. The largest absolute Gasteiger partial charge is 0.480 e. The van der Waals surface area contributed by atoms with E-state index in [1.807, 2.05) is 6.92 Å². The van der Waals surface area contributed by atoms with Gasteiger partial charge in [-0.25, -0.2) is 4.98 Å². The van der Waals surface area contributed by atoms with Crippen LogP contribution in [0.5, 0.6) is 5.88 Å². The van der Waals surface area contributed by atoms with Crippen LogP contribution in [0.25, 0.3) is 0 Å². The summed E-state index contributed by atoms with van der Waals surface area (Å²) >= 11 is 0. The van der Waals surface area contributed by atoms with E-state index in [2.05, 4.69) is 9.97 Å². The molecule has 1 aromatic heterocycles. The maximum absolute atomic E-state index is 5.64. The Morgan fingerprint density at radius 1 is 1.46 bits per heavy atom. The first-order chi connectivity index (χ1) is 6.24. The molecule has 0 aromatic carbocycles. The van der Waals surface area contributed by atoms with Gasteiger partial charge in [0.2, 0.25) is 5.88 Å². The van der Waals surface area contributed by atoms with Crippen LogP contribution >= 0.6 is 0 Å². The highest BCUT2D eigenvalue weighted by Gasteiger charge is 2.05. The molecule has 4 nitrogen and oxygen atoms in total. The number of nitrogens with zero attached hydrogens (tertiary/aromatic N) is 2. The predicted molar refractivity (Wildman–Crippen MR) is 50.6 cm³/mol. The second-order valence-corrected chi connectivity index (χ2v) is 3.03. The number of methoxy groups -OCH3 is 1. The third-order valence-electron chi connectivity index (χ3n) is 1.77. The average Bonchev–Trinajstić information content (AvgIpc) is 2.15. The molecule has 0 fully saturated rings. The summed E-state index contributed by atoms with van der Waals surface area (Å²) in [5, 5.41) is 0. The first-order valence-corrected chi connectivity index (χ1v) is 4.33. The fourth-order valence-corrected chi connectivity index (χ4v) is 1.06. The number of rotatable bonds is 4. The minimum absolute atomic E-state index is 0.187. The molecule has 72 valence electrons. The number of aromatic nitrogens is 2. The molecule has 0 spiro atoms. The quantitative estimate of drug-likeness (QED) is 0.745. The van der Waals surface area contributed by atoms with Crippen LogP contribution in [0.15, 0.2) is 12.4 Å². The van der Waals surface area contributed by atoms with Gasteiger partial charge in [0.25, 0.3) is 0 Å². The Labute approximate surface area is 78.1 Å². The molecular weight excluding hydrogens is 166 g/mol. The van der Waals surface area contributed by atoms with E-state index in [4.69, 9.17) is 10.5 Å². The van der Waals surface area contributed by atoms with E-state index in [1.54, 1.807) is 19.5 Å². The van der Waals surface area contributed by atoms with Gasteiger partial charge in [-0.2, -0.15) is 0 Å². The van der Waals surface area contributed by atoms with E-state index in [9.17, 15) is 0 Å². The van der Waals surface area contributed by atoms with Gasteiger partial charge in [-0.15, -0.1) is 0 Å². The third kappa shape index (κ3) is 2.99. The zero-order chi connectivity index (χ0) is 9.68. The van der Waals surface area contributed by atoms with Crippen molar-refractivity contribution in [2.45, 2.75) is 25.8 Å². The van der Waals surface area contributed by atoms with E-state index in [-0.39, 0.29) is 6.04 Å². The Morgan fingerprint density at radius 2 is 2.15 bits per heavy atom. The zero-order valence-electron chi connectivity index (χ0n) is 8.03. The van der Waals surface area contributed by atoms with Gasteiger partial charge in [-0.3, -0.25) is 4.98 Å². The van der Waals surface area contributed by atoms with Crippen LogP contribution in [0, 0.1) is 0 Å². The molecule has 0 saturated heterocycles. The van der Waals surface area contributed by atoms with Gasteiger partial charge in [0.15, 0.2) is 0 Å². The van der Waals surface area contributed by atoms with E-state index in [0.29, 0.717) is 5.88 Å². The van der Waals surface area contributed by atoms with Crippen LogP contribution in [0.4, 0.5) is 0 Å². The fraction of sp³-hybridized carbons (Fsp3) is 0.556. The first kappa shape index (κ1) is 9.92. The van der Waals surface area contributed by atoms with Gasteiger partial charge in [-0.05, 0) is 19.8 Å². The molecule has 0 bridgehead atoms. The van der Waals surface area contributed by atoms with E-state index in [0.717, 1.165) is 18.5 Å². The molecule has 0 aliphatic carbocycles. The van der Waals surface area contributed by atoms with Crippen molar-refractivity contribution in [3.8, 4) is 5.88 Å². The molecule has 0 aliphatic heterocycles. The zero-order valence-corrected chi connectivity index (χ0v) is 8.03. The van der Waals surface area contributed by atoms with E-state index >= 15 is 0 Å². The highest BCUT2D eigenvalue weighted by Crippen LogP contribution is 2.12. The van der Waals surface area contributed by atoms with Crippen molar-refractivity contribution in [3.05, 3.63) is 18.1 Å². The van der Waals surface area contributed by atoms with E-state index in [1.165, 1.54) is 0 Å².